The summed E-state index contributed by atoms with van der Waals surface area (Å²) < 4.78 is 49.2. The fourth-order valence-electron chi connectivity index (χ4n) is 10.2. The fourth-order valence-corrected chi connectivity index (χ4v) is 10.2. The van der Waals surface area contributed by atoms with Crippen LogP contribution in [0.4, 0.5) is 0 Å². The molecule has 5 heterocycles. The number of furan rings is 1. The average Bonchev–Trinajstić information content (AvgIpc) is 4.14. The minimum absolute atomic E-state index is 0.104. The molecular formula is C58H35N5O. The van der Waals surface area contributed by atoms with Crippen molar-refractivity contribution >= 4 is 87.4 Å². The van der Waals surface area contributed by atoms with Gasteiger partial charge in [0.15, 0.2) is 0 Å². The number of fused-ring (bicyclic) bond motifs is 12. The SMILES string of the molecule is [2H]c1c([2H])c([2H])c2c(c1[2H])c1ccccc1n2-c1cc(-c2c(-c3cccc4oc5ccccc5c34)cccc2-n2c3ccccc3c3ccccc32)nc(-n2c3ccccc3c3ccccc32)n1. The molecule has 0 aliphatic rings. The lowest BCUT2D eigenvalue weighted by Crippen LogP contribution is -2.09. The first-order valence-corrected chi connectivity index (χ1v) is 21.3. The molecule has 0 spiro atoms. The molecule has 0 unspecified atom stereocenters. The Hall–Kier alpha value is -8.74. The van der Waals surface area contributed by atoms with Crippen LogP contribution in [0.2, 0.25) is 0 Å². The van der Waals surface area contributed by atoms with Crippen LogP contribution in [0, 0.1) is 0 Å². The molecule has 0 atom stereocenters. The van der Waals surface area contributed by atoms with Gasteiger partial charge >= 0.3 is 0 Å². The van der Waals surface area contributed by atoms with E-state index in [0.717, 1.165) is 87.9 Å². The summed E-state index contributed by atoms with van der Waals surface area (Å²) in [6.07, 6.45) is 0. The van der Waals surface area contributed by atoms with Crippen LogP contribution in [0.3, 0.4) is 0 Å². The Morgan fingerprint density at radius 3 is 1.55 bits per heavy atom. The molecular weight excluding hydrogens is 783 g/mol. The number of hydrogen-bond acceptors (Lipinski definition) is 3. The van der Waals surface area contributed by atoms with Gasteiger partial charge < -0.3 is 8.98 Å². The van der Waals surface area contributed by atoms with Gasteiger partial charge in [-0.05, 0) is 65.7 Å². The van der Waals surface area contributed by atoms with Crippen molar-refractivity contribution in [2.75, 3.05) is 0 Å². The van der Waals surface area contributed by atoms with E-state index in [2.05, 4.69) is 112 Å². The van der Waals surface area contributed by atoms with E-state index in [-0.39, 0.29) is 24.2 Å². The molecule has 0 aliphatic carbocycles. The van der Waals surface area contributed by atoms with Gasteiger partial charge in [-0.25, -0.2) is 4.98 Å². The van der Waals surface area contributed by atoms with Crippen LogP contribution in [-0.4, -0.2) is 23.7 Å². The van der Waals surface area contributed by atoms with E-state index in [1.54, 1.807) is 0 Å². The number of nitrogens with zero attached hydrogens (tertiary/aromatic N) is 5. The zero-order valence-corrected chi connectivity index (χ0v) is 34.0. The molecule has 0 fully saturated rings. The number of para-hydroxylation sites is 7. The van der Waals surface area contributed by atoms with Crippen LogP contribution in [0.15, 0.2) is 217 Å². The van der Waals surface area contributed by atoms with Crippen molar-refractivity contribution in [1.29, 1.82) is 0 Å². The summed E-state index contributed by atoms with van der Waals surface area (Å²) in [7, 11) is 0. The van der Waals surface area contributed by atoms with Crippen LogP contribution in [0.1, 0.15) is 5.48 Å². The van der Waals surface area contributed by atoms with Gasteiger partial charge in [-0.1, -0.05) is 152 Å². The Labute approximate surface area is 371 Å². The Morgan fingerprint density at radius 2 is 0.891 bits per heavy atom. The first-order valence-electron chi connectivity index (χ1n) is 23.3. The highest BCUT2D eigenvalue weighted by molar-refractivity contribution is 6.16. The number of hydrogen-bond donors (Lipinski definition) is 0. The summed E-state index contributed by atoms with van der Waals surface area (Å²) in [5.74, 6) is 0.842. The molecule has 0 N–H and O–H groups in total. The van der Waals surface area contributed by atoms with E-state index in [4.69, 9.17) is 17.1 Å². The van der Waals surface area contributed by atoms with Gasteiger partial charge in [0.25, 0.3) is 0 Å². The molecule has 0 amide bonds. The van der Waals surface area contributed by atoms with Gasteiger partial charge in [-0.3, -0.25) is 9.13 Å². The van der Waals surface area contributed by atoms with E-state index < -0.39 is 0 Å². The van der Waals surface area contributed by atoms with Gasteiger partial charge in [0.1, 0.15) is 17.0 Å². The zero-order valence-electron chi connectivity index (χ0n) is 38.0. The molecule has 0 saturated heterocycles. The van der Waals surface area contributed by atoms with Crippen molar-refractivity contribution in [1.82, 2.24) is 23.7 Å². The van der Waals surface area contributed by atoms with Crippen molar-refractivity contribution < 1.29 is 9.90 Å². The molecule has 5 aromatic heterocycles. The summed E-state index contributed by atoms with van der Waals surface area (Å²) in [5.41, 5.74) is 10.7. The normalized spacial score (nSPS) is 12.9. The summed E-state index contributed by atoms with van der Waals surface area (Å²) in [6.45, 7) is 0. The maximum atomic E-state index is 9.46. The lowest BCUT2D eigenvalue weighted by Gasteiger charge is -2.20. The van der Waals surface area contributed by atoms with Gasteiger partial charge in [0, 0.05) is 54.7 Å². The highest BCUT2D eigenvalue weighted by Crippen LogP contribution is 2.45. The molecule has 14 rings (SSSR count). The Morgan fingerprint density at radius 1 is 0.391 bits per heavy atom. The number of rotatable bonds is 5. The highest BCUT2D eigenvalue weighted by atomic mass is 16.3. The van der Waals surface area contributed by atoms with Crippen LogP contribution in [0.25, 0.3) is 127 Å². The molecule has 0 radical (unpaired) electrons. The number of aromatic nitrogens is 5. The quantitative estimate of drug-likeness (QED) is 0.174. The topological polar surface area (TPSA) is 53.7 Å². The third-order valence-electron chi connectivity index (χ3n) is 12.8. The predicted octanol–water partition coefficient (Wildman–Crippen LogP) is 15.0. The monoisotopic (exact) mass is 821 g/mol. The smallest absolute Gasteiger partial charge is 0.237 e. The highest BCUT2D eigenvalue weighted by Gasteiger charge is 2.25. The Kier molecular flexibility index (Phi) is 6.51. The lowest BCUT2D eigenvalue weighted by atomic mass is 9.92. The maximum Gasteiger partial charge on any atom is 0.237 e. The second-order valence-corrected chi connectivity index (χ2v) is 16.2. The molecule has 0 saturated carbocycles. The Balaban J connectivity index is 1.19. The molecule has 6 nitrogen and oxygen atoms in total. The van der Waals surface area contributed by atoms with Crippen molar-refractivity contribution in [3.8, 4) is 39.8 Å². The summed E-state index contributed by atoms with van der Waals surface area (Å²) >= 11 is 0. The Bertz CT molecular complexity index is 4360. The molecule has 14 aromatic rings. The van der Waals surface area contributed by atoms with E-state index in [1.807, 2.05) is 89.5 Å². The average molecular weight is 822 g/mol. The summed E-state index contributed by atoms with van der Waals surface area (Å²) in [4.78, 5) is 11.2. The third kappa shape index (κ3) is 4.90. The van der Waals surface area contributed by atoms with Gasteiger partial charge in [0.2, 0.25) is 5.95 Å². The van der Waals surface area contributed by atoms with Crippen molar-refractivity contribution in [3.63, 3.8) is 0 Å². The van der Waals surface area contributed by atoms with Crippen LogP contribution in [-0.2, 0) is 0 Å². The van der Waals surface area contributed by atoms with Crippen LogP contribution in [0.5, 0.6) is 0 Å². The van der Waals surface area contributed by atoms with Crippen molar-refractivity contribution in [3.05, 3.63) is 212 Å². The van der Waals surface area contributed by atoms with Gasteiger partial charge in [-0.15, -0.1) is 0 Å². The predicted molar refractivity (Wildman–Crippen MR) is 263 cm³/mol. The van der Waals surface area contributed by atoms with Crippen molar-refractivity contribution in [2.24, 2.45) is 0 Å². The molecule has 298 valence electrons. The number of benzene rings is 9. The molecule has 0 bridgehead atoms. The first-order chi connectivity index (χ1) is 33.4. The van der Waals surface area contributed by atoms with E-state index in [9.17, 15) is 2.74 Å². The van der Waals surface area contributed by atoms with Gasteiger partial charge in [-0.2, -0.15) is 4.98 Å². The van der Waals surface area contributed by atoms with E-state index in [0.29, 0.717) is 39.3 Å². The van der Waals surface area contributed by atoms with Crippen LogP contribution < -0.4 is 0 Å². The van der Waals surface area contributed by atoms with E-state index >= 15 is 0 Å². The standard InChI is InChI=1S/C58H35N5O/c1-8-26-46-36(17-1)37-18-2-9-27-47(37)61(46)52-32-15-24-43(42-25-16-34-54-56(42)44-23-7-14-33-53(44)64-54)57(52)45-35-55(62-48-28-10-3-19-38(48)39-20-4-11-29-49(39)62)60-58(59-45)63-50-30-12-5-21-40(50)41-22-6-13-31-51(41)63/h1-35H/i3D,10D,19D,28D. The molecule has 9 aromatic carbocycles. The summed E-state index contributed by atoms with van der Waals surface area (Å²) in [5, 5.41) is 7.45. The molecule has 6 heteroatoms. The molecule has 0 aliphatic heterocycles. The largest absolute Gasteiger partial charge is 0.456 e. The van der Waals surface area contributed by atoms with E-state index in [1.165, 1.54) is 0 Å². The second kappa shape index (κ2) is 13.4. The molecule has 64 heavy (non-hydrogen) atoms. The zero-order chi connectivity index (χ0) is 45.4. The fraction of sp³-hybridized carbons (Fsp3) is 0. The first kappa shape index (κ1) is 31.2. The maximum absolute atomic E-state index is 9.46. The van der Waals surface area contributed by atoms with Crippen LogP contribution >= 0.6 is 0 Å². The lowest BCUT2D eigenvalue weighted by molar-refractivity contribution is 0.669. The summed E-state index contributed by atoms with van der Waals surface area (Å²) in [6, 6.07) is 63.1. The van der Waals surface area contributed by atoms with Gasteiger partial charge in [0.05, 0.1) is 50.0 Å². The minimum atomic E-state index is -0.317. The minimum Gasteiger partial charge on any atom is -0.456 e. The third-order valence-corrected chi connectivity index (χ3v) is 12.8. The van der Waals surface area contributed by atoms with Crippen molar-refractivity contribution in [2.45, 2.75) is 0 Å². The second-order valence-electron chi connectivity index (χ2n) is 16.2.